The van der Waals surface area contributed by atoms with Crippen LogP contribution in [0.5, 0.6) is 5.75 Å². The summed E-state index contributed by atoms with van der Waals surface area (Å²) in [5.41, 5.74) is 0.458. The molecule has 0 bridgehead atoms. The van der Waals surface area contributed by atoms with E-state index in [9.17, 15) is 18.8 Å². The molecule has 0 unspecified atom stereocenters. The van der Waals surface area contributed by atoms with Gasteiger partial charge in [-0.15, -0.1) is 0 Å². The van der Waals surface area contributed by atoms with Gasteiger partial charge >= 0.3 is 11.9 Å². The molecule has 0 fully saturated rings. The summed E-state index contributed by atoms with van der Waals surface area (Å²) >= 11 is 0. The number of hydrogen-bond donors (Lipinski definition) is 0. The standard InChI is InChI=1S/C20H20FNO6/c1-2-26-19(24)12-22(15-8-4-3-5-9-15)18(23)13-28-20(25)14-27-17-11-7-6-10-16(17)21/h3-11H,2,12-14H2,1H3. The summed E-state index contributed by atoms with van der Waals surface area (Å²) in [6, 6.07) is 14.0. The smallest absolute Gasteiger partial charge is 0.344 e. The van der Waals surface area contributed by atoms with Gasteiger partial charge in [-0.05, 0) is 31.2 Å². The number of carbonyl (C=O) groups excluding carboxylic acids is 3. The molecule has 2 rings (SSSR count). The molecule has 0 spiro atoms. The predicted molar refractivity (Wildman–Crippen MR) is 98.3 cm³/mol. The lowest BCUT2D eigenvalue weighted by Crippen LogP contribution is -2.39. The van der Waals surface area contributed by atoms with Gasteiger partial charge in [-0.3, -0.25) is 14.5 Å². The number of amides is 1. The number of anilines is 1. The summed E-state index contributed by atoms with van der Waals surface area (Å²) in [6.07, 6.45) is 0. The van der Waals surface area contributed by atoms with E-state index >= 15 is 0 Å². The molecular weight excluding hydrogens is 369 g/mol. The Balaban J connectivity index is 1.92. The Bertz CT molecular complexity index is 811. The molecule has 1 amide bonds. The molecule has 0 heterocycles. The van der Waals surface area contributed by atoms with Crippen molar-refractivity contribution in [3.63, 3.8) is 0 Å². The lowest BCUT2D eigenvalue weighted by Gasteiger charge is -2.21. The highest BCUT2D eigenvalue weighted by molar-refractivity contribution is 5.99. The van der Waals surface area contributed by atoms with Crippen LogP contribution in [0.2, 0.25) is 0 Å². The molecule has 2 aromatic carbocycles. The molecule has 0 N–H and O–H groups in total. The molecule has 0 aliphatic carbocycles. The van der Waals surface area contributed by atoms with Crippen molar-refractivity contribution in [1.29, 1.82) is 0 Å². The van der Waals surface area contributed by atoms with Gasteiger partial charge in [0.15, 0.2) is 24.8 Å². The fourth-order valence-corrected chi connectivity index (χ4v) is 2.23. The summed E-state index contributed by atoms with van der Waals surface area (Å²) in [5, 5.41) is 0. The summed E-state index contributed by atoms with van der Waals surface area (Å²) in [4.78, 5) is 37.2. The SMILES string of the molecule is CCOC(=O)CN(C(=O)COC(=O)COc1ccccc1F)c1ccccc1. The molecule has 0 aromatic heterocycles. The number of esters is 2. The van der Waals surface area contributed by atoms with Gasteiger partial charge in [-0.1, -0.05) is 30.3 Å². The largest absolute Gasteiger partial charge is 0.479 e. The normalized spacial score (nSPS) is 10.1. The topological polar surface area (TPSA) is 82.1 Å². The number of benzene rings is 2. The van der Waals surface area contributed by atoms with Gasteiger partial charge in [0.1, 0.15) is 6.54 Å². The Morgan fingerprint density at radius 3 is 2.25 bits per heavy atom. The summed E-state index contributed by atoms with van der Waals surface area (Å²) in [6.45, 7) is 0.354. The number of carbonyl (C=O) groups is 3. The van der Waals surface area contributed by atoms with E-state index in [-0.39, 0.29) is 18.9 Å². The molecular formula is C20H20FNO6. The summed E-state index contributed by atoms with van der Waals surface area (Å²) in [5.74, 6) is -2.76. The minimum atomic E-state index is -0.847. The molecule has 0 saturated carbocycles. The predicted octanol–water partition coefficient (Wildman–Crippen LogP) is 2.34. The first kappa shape index (κ1) is 20.9. The number of ether oxygens (including phenoxy) is 3. The van der Waals surface area contributed by atoms with E-state index in [1.54, 1.807) is 43.3 Å². The molecule has 0 atom stereocenters. The quantitative estimate of drug-likeness (QED) is 0.613. The van der Waals surface area contributed by atoms with Gasteiger partial charge in [0, 0.05) is 5.69 Å². The van der Waals surface area contributed by atoms with Gasteiger partial charge in [0.25, 0.3) is 5.91 Å². The molecule has 7 nitrogen and oxygen atoms in total. The maximum atomic E-state index is 13.5. The first-order chi connectivity index (χ1) is 13.5. The van der Waals surface area contributed by atoms with Gasteiger partial charge in [-0.25, -0.2) is 9.18 Å². The lowest BCUT2D eigenvalue weighted by atomic mass is 10.3. The zero-order valence-electron chi connectivity index (χ0n) is 15.3. The van der Waals surface area contributed by atoms with Crippen molar-refractivity contribution >= 4 is 23.5 Å². The van der Waals surface area contributed by atoms with Crippen LogP contribution in [0, 0.1) is 5.82 Å². The third-order valence-electron chi connectivity index (χ3n) is 3.50. The number of hydrogen-bond acceptors (Lipinski definition) is 6. The van der Waals surface area contributed by atoms with Crippen molar-refractivity contribution < 1.29 is 33.0 Å². The van der Waals surface area contributed by atoms with Crippen LogP contribution < -0.4 is 9.64 Å². The first-order valence-corrected chi connectivity index (χ1v) is 8.55. The fourth-order valence-electron chi connectivity index (χ4n) is 2.23. The maximum Gasteiger partial charge on any atom is 0.344 e. The van der Waals surface area contributed by atoms with Gasteiger partial charge in [0.05, 0.1) is 6.61 Å². The Morgan fingerprint density at radius 1 is 0.893 bits per heavy atom. The Kier molecular flexibility index (Phi) is 7.95. The van der Waals surface area contributed by atoms with Crippen LogP contribution in [0.3, 0.4) is 0 Å². The molecule has 148 valence electrons. The average Bonchev–Trinajstić information content (AvgIpc) is 2.70. The minimum Gasteiger partial charge on any atom is -0.479 e. The second-order valence-electron chi connectivity index (χ2n) is 5.50. The van der Waals surface area contributed by atoms with Crippen molar-refractivity contribution in [2.24, 2.45) is 0 Å². The maximum absolute atomic E-state index is 13.5. The highest BCUT2D eigenvalue weighted by Crippen LogP contribution is 2.16. The molecule has 28 heavy (non-hydrogen) atoms. The molecule has 0 aliphatic rings. The molecule has 2 aromatic rings. The monoisotopic (exact) mass is 389 g/mol. The third-order valence-corrected chi connectivity index (χ3v) is 3.50. The zero-order chi connectivity index (χ0) is 20.4. The highest BCUT2D eigenvalue weighted by Gasteiger charge is 2.21. The second-order valence-corrected chi connectivity index (χ2v) is 5.50. The molecule has 0 aliphatic heterocycles. The van der Waals surface area contributed by atoms with Crippen LogP contribution in [0.15, 0.2) is 54.6 Å². The van der Waals surface area contributed by atoms with E-state index in [2.05, 4.69) is 0 Å². The van der Waals surface area contributed by atoms with Crippen LogP contribution in [-0.2, 0) is 23.9 Å². The number of para-hydroxylation sites is 2. The van der Waals surface area contributed by atoms with E-state index in [0.717, 1.165) is 4.90 Å². The van der Waals surface area contributed by atoms with E-state index in [0.29, 0.717) is 5.69 Å². The zero-order valence-corrected chi connectivity index (χ0v) is 15.3. The fraction of sp³-hybridized carbons (Fsp3) is 0.250. The molecule has 8 heteroatoms. The number of rotatable bonds is 9. The number of nitrogens with zero attached hydrogens (tertiary/aromatic N) is 1. The van der Waals surface area contributed by atoms with Crippen molar-refractivity contribution in [2.75, 3.05) is 31.3 Å². The van der Waals surface area contributed by atoms with Gasteiger partial charge in [-0.2, -0.15) is 0 Å². The van der Waals surface area contributed by atoms with Crippen LogP contribution >= 0.6 is 0 Å². The van der Waals surface area contributed by atoms with Crippen molar-refractivity contribution in [3.05, 3.63) is 60.4 Å². The van der Waals surface area contributed by atoms with E-state index in [1.165, 1.54) is 18.2 Å². The van der Waals surface area contributed by atoms with Gasteiger partial charge < -0.3 is 14.2 Å². The summed E-state index contributed by atoms with van der Waals surface area (Å²) < 4.78 is 28.2. The highest BCUT2D eigenvalue weighted by atomic mass is 19.1. The summed E-state index contributed by atoms with van der Waals surface area (Å²) in [7, 11) is 0. The molecule has 0 radical (unpaired) electrons. The Hall–Kier alpha value is -3.42. The average molecular weight is 389 g/mol. The van der Waals surface area contributed by atoms with Crippen molar-refractivity contribution in [3.8, 4) is 5.75 Å². The second kappa shape index (κ2) is 10.7. The Labute approximate surface area is 161 Å². The lowest BCUT2D eigenvalue weighted by molar-refractivity contribution is -0.150. The van der Waals surface area contributed by atoms with Crippen LogP contribution in [-0.4, -0.2) is 44.2 Å². The van der Waals surface area contributed by atoms with E-state index in [1.807, 2.05) is 0 Å². The van der Waals surface area contributed by atoms with E-state index < -0.39 is 36.9 Å². The van der Waals surface area contributed by atoms with Crippen LogP contribution in [0.1, 0.15) is 6.92 Å². The van der Waals surface area contributed by atoms with Crippen LogP contribution in [0.25, 0.3) is 0 Å². The first-order valence-electron chi connectivity index (χ1n) is 8.55. The van der Waals surface area contributed by atoms with Crippen molar-refractivity contribution in [1.82, 2.24) is 0 Å². The van der Waals surface area contributed by atoms with Crippen molar-refractivity contribution in [2.45, 2.75) is 6.92 Å². The Morgan fingerprint density at radius 2 is 1.57 bits per heavy atom. The van der Waals surface area contributed by atoms with Crippen LogP contribution in [0.4, 0.5) is 10.1 Å². The molecule has 0 saturated heterocycles. The van der Waals surface area contributed by atoms with E-state index in [4.69, 9.17) is 14.2 Å². The number of halogens is 1. The van der Waals surface area contributed by atoms with Gasteiger partial charge in [0.2, 0.25) is 0 Å². The third kappa shape index (κ3) is 6.39. The minimum absolute atomic E-state index is 0.0981.